The van der Waals surface area contributed by atoms with Crippen molar-refractivity contribution in [3.63, 3.8) is 0 Å². The van der Waals surface area contributed by atoms with Crippen LogP contribution in [0.1, 0.15) is 90.6 Å². The number of aliphatic hydroxyl groups is 1. The third-order valence-corrected chi connectivity index (χ3v) is 13.9. The molecule has 3 fully saturated rings. The van der Waals surface area contributed by atoms with E-state index in [1.54, 1.807) is 12.1 Å². The van der Waals surface area contributed by atoms with Crippen LogP contribution in [0, 0.1) is 56.7 Å². The van der Waals surface area contributed by atoms with Crippen LogP contribution in [0.5, 0.6) is 0 Å². The predicted octanol–water partition coefficient (Wildman–Crippen LogP) is 6.56. The summed E-state index contributed by atoms with van der Waals surface area (Å²) in [6, 6.07) is 3.21. The van der Waals surface area contributed by atoms with Gasteiger partial charge in [0.15, 0.2) is 0 Å². The molecule has 11 atom stereocenters. The van der Waals surface area contributed by atoms with Crippen LogP contribution in [0.4, 0.5) is 0 Å². The Balaban J connectivity index is 1.41. The van der Waals surface area contributed by atoms with Crippen molar-refractivity contribution in [1.82, 2.24) is 0 Å². The minimum Gasteiger partial charge on any atom is -0.469 e. The second-order valence-electron chi connectivity index (χ2n) is 15.5. The fraction of sp³-hybridized carbons (Fsp3) is 0.694. The lowest BCUT2D eigenvalue weighted by Crippen LogP contribution is -2.66. The number of furan rings is 1. The van der Waals surface area contributed by atoms with Gasteiger partial charge in [-0.25, -0.2) is 4.79 Å². The molecule has 0 bridgehead atoms. The van der Waals surface area contributed by atoms with Gasteiger partial charge in [0.05, 0.1) is 24.9 Å². The molecule has 0 amide bonds. The number of carbonyl (C=O) groups is 3. The van der Waals surface area contributed by atoms with Crippen LogP contribution < -0.4 is 0 Å². The summed E-state index contributed by atoms with van der Waals surface area (Å²) in [4.78, 5) is 39.0. The zero-order chi connectivity index (χ0) is 31.2. The number of hydrogen-bond acceptors (Lipinski definition) is 7. The Morgan fingerprint density at radius 3 is 2.53 bits per heavy atom. The van der Waals surface area contributed by atoms with Gasteiger partial charge < -0.3 is 19.0 Å². The molecule has 1 N–H and O–H groups in total. The molecule has 1 aromatic heterocycles. The van der Waals surface area contributed by atoms with Crippen LogP contribution >= 0.6 is 0 Å². The Morgan fingerprint density at radius 2 is 1.88 bits per heavy atom. The normalized spacial score (nSPS) is 46.7. The first-order chi connectivity index (χ1) is 20.2. The Kier molecular flexibility index (Phi) is 7.00. The first-order valence-corrected chi connectivity index (χ1v) is 16.1. The van der Waals surface area contributed by atoms with E-state index in [9.17, 15) is 19.5 Å². The van der Waals surface area contributed by atoms with E-state index in [2.05, 4.69) is 40.7 Å². The molecular weight excluding hydrogens is 544 g/mol. The van der Waals surface area contributed by atoms with Crippen molar-refractivity contribution in [3.8, 4) is 0 Å². The lowest BCUT2D eigenvalue weighted by molar-refractivity contribution is -0.195. The first kappa shape index (κ1) is 30.4. The molecule has 5 aliphatic rings. The summed E-state index contributed by atoms with van der Waals surface area (Å²) in [5.74, 6) is 0.212. The van der Waals surface area contributed by atoms with Crippen molar-refractivity contribution in [1.29, 1.82) is 0 Å². The minimum absolute atomic E-state index is 0.0438. The third kappa shape index (κ3) is 3.85. The molecule has 6 rings (SSSR count). The standard InChI is InChI=1S/C36H48O7/c1-21-12-13-36(31(40)41-7)15-14-33(4)24(28(36)22(21)2)10-11-27-34(33,5)18-25(38)29-32(3,17-23(19-37)35(27,29)6)20-43-30(39)26-9-8-16-42-26/h8-10,16-17,19,21-22,25,27-29,38H,11-15,18,20H2,1-7H3/t21-,22+,25-,27+,28-,29+,32+,33-,34-,35-,36+/m1/s1. The summed E-state index contributed by atoms with van der Waals surface area (Å²) in [5.41, 5.74) is -0.372. The molecule has 1 heterocycles. The smallest absolute Gasteiger partial charge is 0.374 e. The molecule has 0 saturated heterocycles. The highest BCUT2D eigenvalue weighted by Gasteiger charge is 2.72. The van der Waals surface area contributed by atoms with Crippen LogP contribution in [-0.2, 0) is 19.1 Å². The van der Waals surface area contributed by atoms with Crippen LogP contribution in [0.25, 0.3) is 0 Å². The van der Waals surface area contributed by atoms with Gasteiger partial charge in [0, 0.05) is 16.7 Å². The Morgan fingerprint density at radius 1 is 1.14 bits per heavy atom. The fourth-order valence-corrected chi connectivity index (χ4v) is 11.5. The van der Waals surface area contributed by atoms with Crippen LogP contribution in [0.2, 0.25) is 0 Å². The minimum atomic E-state index is -0.723. The van der Waals surface area contributed by atoms with Gasteiger partial charge in [-0.05, 0) is 90.7 Å². The molecule has 0 aromatic carbocycles. The number of hydrogen-bond donors (Lipinski definition) is 1. The maximum atomic E-state index is 13.5. The number of carbonyl (C=O) groups excluding carboxylic acids is 3. The van der Waals surface area contributed by atoms with Gasteiger partial charge in [0.25, 0.3) is 0 Å². The van der Waals surface area contributed by atoms with Crippen molar-refractivity contribution in [3.05, 3.63) is 47.5 Å². The van der Waals surface area contributed by atoms with Gasteiger partial charge in [-0.1, -0.05) is 59.3 Å². The highest BCUT2D eigenvalue weighted by molar-refractivity contribution is 5.86. The molecule has 7 heteroatoms. The molecule has 7 nitrogen and oxygen atoms in total. The van der Waals surface area contributed by atoms with Crippen molar-refractivity contribution < 1.29 is 33.4 Å². The summed E-state index contributed by atoms with van der Waals surface area (Å²) in [6.07, 6.45) is 10.9. The topological polar surface area (TPSA) is 103 Å². The highest BCUT2D eigenvalue weighted by Crippen LogP contribution is 2.76. The number of allylic oxidation sites excluding steroid dienone is 3. The maximum absolute atomic E-state index is 13.5. The monoisotopic (exact) mass is 592 g/mol. The summed E-state index contributed by atoms with van der Waals surface area (Å²) in [6.45, 7) is 13.5. The van der Waals surface area contributed by atoms with Gasteiger partial charge in [0.2, 0.25) is 5.76 Å². The van der Waals surface area contributed by atoms with Gasteiger partial charge in [-0.3, -0.25) is 9.59 Å². The zero-order valence-electron chi connectivity index (χ0n) is 26.8. The average Bonchev–Trinajstić information content (AvgIpc) is 3.59. The van der Waals surface area contributed by atoms with Crippen LogP contribution in [0.3, 0.4) is 0 Å². The number of rotatable bonds is 5. The quantitative estimate of drug-likeness (QED) is 0.235. The zero-order valence-corrected chi connectivity index (χ0v) is 26.8. The number of aliphatic hydroxyl groups excluding tert-OH is 1. The van der Waals surface area contributed by atoms with E-state index in [1.807, 2.05) is 13.0 Å². The molecule has 0 unspecified atom stereocenters. The van der Waals surface area contributed by atoms with Crippen molar-refractivity contribution in [2.75, 3.05) is 13.7 Å². The van der Waals surface area contributed by atoms with E-state index >= 15 is 0 Å². The van der Waals surface area contributed by atoms with Crippen molar-refractivity contribution in [2.45, 2.75) is 86.2 Å². The molecular formula is C36H48O7. The second kappa shape index (κ2) is 9.92. The summed E-state index contributed by atoms with van der Waals surface area (Å²) in [5, 5.41) is 12.2. The maximum Gasteiger partial charge on any atom is 0.374 e. The van der Waals surface area contributed by atoms with E-state index in [4.69, 9.17) is 13.9 Å². The molecule has 3 saturated carbocycles. The number of ether oxygens (including phenoxy) is 2. The Hall–Kier alpha value is -2.67. The molecule has 0 aliphatic heterocycles. The second-order valence-corrected chi connectivity index (χ2v) is 15.5. The Labute approximate surface area is 255 Å². The first-order valence-electron chi connectivity index (χ1n) is 16.1. The number of aldehydes is 1. The lowest BCUT2D eigenvalue weighted by Gasteiger charge is -2.69. The van der Waals surface area contributed by atoms with E-state index in [-0.39, 0.29) is 46.9 Å². The van der Waals surface area contributed by atoms with Crippen molar-refractivity contribution >= 4 is 18.2 Å². The van der Waals surface area contributed by atoms with Crippen LogP contribution in [-0.4, -0.2) is 43.2 Å². The van der Waals surface area contributed by atoms with Gasteiger partial charge in [-0.2, -0.15) is 0 Å². The molecule has 43 heavy (non-hydrogen) atoms. The van der Waals surface area contributed by atoms with E-state index < -0.39 is 28.3 Å². The summed E-state index contributed by atoms with van der Waals surface area (Å²) >= 11 is 0. The van der Waals surface area contributed by atoms with Crippen LogP contribution in [0.15, 0.2) is 46.1 Å². The van der Waals surface area contributed by atoms with E-state index in [0.29, 0.717) is 23.8 Å². The van der Waals surface area contributed by atoms with Crippen molar-refractivity contribution in [2.24, 2.45) is 56.7 Å². The number of fused-ring (bicyclic) bond motifs is 7. The predicted molar refractivity (Wildman–Crippen MR) is 161 cm³/mol. The summed E-state index contributed by atoms with van der Waals surface area (Å²) in [7, 11) is 1.52. The molecule has 0 radical (unpaired) electrons. The van der Waals surface area contributed by atoms with Gasteiger partial charge in [-0.15, -0.1) is 0 Å². The van der Waals surface area contributed by atoms with Gasteiger partial charge in [0.1, 0.15) is 12.9 Å². The fourth-order valence-electron chi connectivity index (χ4n) is 11.5. The van der Waals surface area contributed by atoms with E-state index in [1.165, 1.54) is 18.9 Å². The number of esters is 2. The highest BCUT2D eigenvalue weighted by atomic mass is 16.5. The Bertz CT molecular complexity index is 1380. The van der Waals surface area contributed by atoms with Gasteiger partial charge >= 0.3 is 11.9 Å². The van der Waals surface area contributed by atoms with E-state index in [0.717, 1.165) is 38.4 Å². The SMILES string of the molecule is COC(=O)[C@]12CC[C@@H](C)[C@H](C)[C@@H]1C1=CC[C@@H]3[C@@]4(C)C(C=O)=C[C@@](C)(COC(=O)c5ccco5)[C@@H]4[C@H](O)C[C@@]3(C)[C@]1(C)CC2. The summed E-state index contributed by atoms with van der Waals surface area (Å²) < 4.78 is 16.5. The molecule has 1 aromatic rings. The largest absolute Gasteiger partial charge is 0.469 e. The molecule has 0 spiro atoms. The number of methoxy groups -OCH3 is 1. The third-order valence-electron chi connectivity index (χ3n) is 13.9. The average molecular weight is 593 g/mol. The molecule has 5 aliphatic carbocycles. The molecule has 234 valence electrons. The lowest BCUT2D eigenvalue weighted by atomic mass is 9.34.